The minimum absolute atomic E-state index is 0.245. The van der Waals surface area contributed by atoms with Crippen molar-refractivity contribution in [2.24, 2.45) is 0 Å². The Morgan fingerprint density at radius 3 is 2.67 bits per heavy atom. The van der Waals surface area contributed by atoms with Gasteiger partial charge < -0.3 is 9.57 Å². The van der Waals surface area contributed by atoms with Crippen molar-refractivity contribution in [2.45, 2.75) is 24.8 Å². The van der Waals surface area contributed by atoms with Crippen molar-refractivity contribution >= 4 is 21.8 Å². The SMILES string of the molecule is COc1c(C)cnc(C[S@](=O)c2nc3ccccc3n2OC)c1C. The zero-order valence-electron chi connectivity index (χ0n) is 14.1. The standard InChI is InChI=1S/C17H19N3O3S/c1-11-9-18-14(12(2)16(11)22-3)10-24(21)17-19-13-7-5-6-8-15(13)20(17)23-4/h5-9H,10H2,1-4H3/t24-/m0/s1. The molecule has 0 saturated carbocycles. The number of methoxy groups -OCH3 is 1. The van der Waals surface area contributed by atoms with Gasteiger partial charge in [0.2, 0.25) is 5.16 Å². The van der Waals surface area contributed by atoms with Gasteiger partial charge in [0.1, 0.15) is 18.4 Å². The first-order valence-corrected chi connectivity index (χ1v) is 8.78. The van der Waals surface area contributed by atoms with Gasteiger partial charge >= 0.3 is 0 Å². The molecule has 24 heavy (non-hydrogen) atoms. The van der Waals surface area contributed by atoms with E-state index in [1.165, 1.54) is 11.8 Å². The zero-order valence-corrected chi connectivity index (χ0v) is 14.9. The molecule has 0 unspecified atom stereocenters. The first-order valence-electron chi connectivity index (χ1n) is 7.46. The van der Waals surface area contributed by atoms with Crippen LogP contribution in [0.15, 0.2) is 35.6 Å². The molecule has 0 aliphatic rings. The van der Waals surface area contributed by atoms with Crippen LogP contribution in [-0.4, -0.2) is 33.1 Å². The van der Waals surface area contributed by atoms with Crippen LogP contribution in [-0.2, 0) is 16.6 Å². The maximum atomic E-state index is 12.9. The lowest BCUT2D eigenvalue weighted by Crippen LogP contribution is -2.13. The molecular formula is C17H19N3O3S. The van der Waals surface area contributed by atoms with Crippen molar-refractivity contribution in [1.29, 1.82) is 0 Å². The van der Waals surface area contributed by atoms with E-state index in [2.05, 4.69) is 9.97 Å². The topological polar surface area (TPSA) is 66.2 Å². The molecule has 2 heterocycles. The van der Waals surface area contributed by atoms with Crippen LogP contribution in [0.25, 0.3) is 11.0 Å². The average Bonchev–Trinajstić information content (AvgIpc) is 2.96. The van der Waals surface area contributed by atoms with Gasteiger partial charge in [0.25, 0.3) is 0 Å². The second kappa shape index (κ2) is 6.60. The highest BCUT2D eigenvalue weighted by atomic mass is 32.2. The van der Waals surface area contributed by atoms with Gasteiger partial charge in [-0.3, -0.25) is 9.19 Å². The van der Waals surface area contributed by atoms with Crippen LogP contribution in [0.2, 0.25) is 0 Å². The summed E-state index contributed by atoms with van der Waals surface area (Å²) in [7, 11) is 1.76. The number of rotatable bonds is 5. The van der Waals surface area contributed by atoms with Crippen LogP contribution in [0.1, 0.15) is 16.8 Å². The van der Waals surface area contributed by atoms with Crippen molar-refractivity contribution in [3.8, 4) is 5.75 Å². The van der Waals surface area contributed by atoms with E-state index in [0.29, 0.717) is 5.16 Å². The normalized spacial score (nSPS) is 12.3. The van der Waals surface area contributed by atoms with Gasteiger partial charge in [-0.1, -0.05) is 12.1 Å². The number of para-hydroxylation sites is 2. The van der Waals surface area contributed by atoms with Crippen LogP contribution in [0.4, 0.5) is 0 Å². The molecule has 0 spiro atoms. The summed E-state index contributed by atoms with van der Waals surface area (Å²) in [6.07, 6.45) is 1.73. The third kappa shape index (κ3) is 2.75. The number of fused-ring (bicyclic) bond motifs is 1. The monoisotopic (exact) mass is 345 g/mol. The van der Waals surface area contributed by atoms with E-state index in [-0.39, 0.29) is 5.75 Å². The maximum absolute atomic E-state index is 12.9. The van der Waals surface area contributed by atoms with Gasteiger partial charge in [0.15, 0.2) is 0 Å². The number of hydrogen-bond donors (Lipinski definition) is 0. The Bertz CT molecular complexity index is 921. The summed E-state index contributed by atoms with van der Waals surface area (Å²) >= 11 is 0. The Morgan fingerprint density at radius 2 is 1.96 bits per heavy atom. The minimum Gasteiger partial charge on any atom is -0.496 e. The summed E-state index contributed by atoms with van der Waals surface area (Å²) in [6, 6.07) is 7.52. The molecule has 0 fully saturated rings. The van der Waals surface area contributed by atoms with Gasteiger partial charge in [0, 0.05) is 17.3 Å². The molecule has 0 amide bonds. The van der Waals surface area contributed by atoms with Gasteiger partial charge in [-0.15, -0.1) is 0 Å². The van der Waals surface area contributed by atoms with Gasteiger partial charge in [-0.25, -0.2) is 4.98 Å². The first kappa shape index (κ1) is 16.4. The number of pyridine rings is 1. The van der Waals surface area contributed by atoms with E-state index in [1.54, 1.807) is 13.3 Å². The van der Waals surface area contributed by atoms with Gasteiger partial charge in [-0.2, -0.15) is 4.73 Å². The predicted molar refractivity (Wildman–Crippen MR) is 92.6 cm³/mol. The molecule has 2 aromatic heterocycles. The number of benzene rings is 1. The van der Waals surface area contributed by atoms with Gasteiger partial charge in [-0.05, 0) is 26.0 Å². The molecule has 6 nitrogen and oxygen atoms in total. The Morgan fingerprint density at radius 1 is 1.21 bits per heavy atom. The summed E-state index contributed by atoms with van der Waals surface area (Å²) < 4.78 is 19.8. The van der Waals surface area contributed by atoms with Crippen molar-refractivity contribution in [2.75, 3.05) is 14.2 Å². The molecular weight excluding hydrogens is 326 g/mol. The van der Waals surface area contributed by atoms with Crippen molar-refractivity contribution in [1.82, 2.24) is 14.7 Å². The molecule has 3 rings (SSSR count). The molecule has 0 bridgehead atoms. The molecule has 1 atom stereocenters. The number of ether oxygens (including phenoxy) is 1. The Balaban J connectivity index is 1.99. The summed E-state index contributed by atoms with van der Waals surface area (Å²) in [6.45, 7) is 3.86. The third-order valence-corrected chi connectivity index (χ3v) is 5.09. The highest BCUT2D eigenvalue weighted by molar-refractivity contribution is 7.84. The second-order valence-corrected chi connectivity index (χ2v) is 6.74. The van der Waals surface area contributed by atoms with E-state index in [4.69, 9.17) is 9.57 Å². The smallest absolute Gasteiger partial charge is 0.234 e. The molecule has 0 saturated heterocycles. The molecule has 126 valence electrons. The second-order valence-electron chi connectivity index (χ2n) is 5.40. The van der Waals surface area contributed by atoms with E-state index >= 15 is 0 Å². The highest BCUT2D eigenvalue weighted by Crippen LogP contribution is 2.26. The Labute approximate surface area is 142 Å². The highest BCUT2D eigenvalue weighted by Gasteiger charge is 2.20. The quantitative estimate of drug-likeness (QED) is 0.710. The van der Waals surface area contributed by atoms with E-state index < -0.39 is 10.8 Å². The van der Waals surface area contributed by atoms with Crippen molar-refractivity contribution < 1.29 is 13.8 Å². The minimum atomic E-state index is -1.40. The fraction of sp³-hybridized carbons (Fsp3) is 0.294. The van der Waals surface area contributed by atoms with Crippen LogP contribution in [0.5, 0.6) is 5.75 Å². The van der Waals surface area contributed by atoms with Crippen LogP contribution in [0, 0.1) is 13.8 Å². The zero-order chi connectivity index (χ0) is 17.3. The largest absolute Gasteiger partial charge is 0.496 e. The lowest BCUT2D eigenvalue weighted by atomic mass is 10.1. The van der Waals surface area contributed by atoms with Crippen LogP contribution < -0.4 is 9.57 Å². The lowest BCUT2D eigenvalue weighted by Gasteiger charge is -2.12. The molecule has 1 aromatic carbocycles. The fourth-order valence-corrected chi connectivity index (χ4v) is 3.93. The Kier molecular flexibility index (Phi) is 4.53. The molecule has 0 aliphatic heterocycles. The first-order chi connectivity index (χ1) is 11.6. The summed E-state index contributed by atoms with van der Waals surface area (Å²) in [5, 5.41) is 0.374. The predicted octanol–water partition coefficient (Wildman–Crippen LogP) is 2.42. The molecule has 0 radical (unpaired) electrons. The number of imidazole rings is 1. The van der Waals surface area contributed by atoms with E-state index in [1.807, 2.05) is 38.1 Å². The number of nitrogens with zero attached hydrogens (tertiary/aromatic N) is 3. The number of hydrogen-bond acceptors (Lipinski definition) is 5. The van der Waals surface area contributed by atoms with E-state index in [9.17, 15) is 4.21 Å². The summed E-state index contributed by atoms with van der Waals surface area (Å²) in [4.78, 5) is 14.2. The van der Waals surface area contributed by atoms with Crippen LogP contribution in [0.3, 0.4) is 0 Å². The lowest BCUT2D eigenvalue weighted by molar-refractivity contribution is 0.154. The summed E-state index contributed by atoms with van der Waals surface area (Å²) in [5.41, 5.74) is 4.11. The number of aryl methyl sites for hydroxylation is 1. The van der Waals surface area contributed by atoms with Crippen molar-refractivity contribution in [3.05, 3.63) is 47.3 Å². The molecule has 3 aromatic rings. The van der Waals surface area contributed by atoms with Gasteiger partial charge in [0.05, 0.1) is 34.9 Å². The Hall–Kier alpha value is -2.41. The number of aromatic nitrogens is 3. The summed E-state index contributed by atoms with van der Waals surface area (Å²) in [5.74, 6) is 1.02. The molecule has 0 aliphatic carbocycles. The maximum Gasteiger partial charge on any atom is 0.234 e. The fourth-order valence-electron chi connectivity index (χ4n) is 2.71. The third-order valence-electron chi connectivity index (χ3n) is 3.89. The average molecular weight is 345 g/mol. The van der Waals surface area contributed by atoms with Crippen LogP contribution >= 0.6 is 0 Å². The van der Waals surface area contributed by atoms with E-state index in [0.717, 1.165) is 33.6 Å². The molecule has 7 heteroatoms. The molecule has 0 N–H and O–H groups in total. The van der Waals surface area contributed by atoms with Crippen molar-refractivity contribution in [3.63, 3.8) is 0 Å².